The van der Waals surface area contributed by atoms with E-state index in [1.54, 1.807) is 11.3 Å². The van der Waals surface area contributed by atoms with Crippen molar-refractivity contribution < 1.29 is 9.84 Å². The minimum absolute atomic E-state index is 0.243. The number of aliphatic hydroxyl groups is 1. The predicted octanol–water partition coefficient (Wildman–Crippen LogP) is 2.30. The van der Waals surface area contributed by atoms with Gasteiger partial charge < -0.3 is 9.84 Å². The van der Waals surface area contributed by atoms with Gasteiger partial charge in [0, 0.05) is 37.6 Å². The van der Waals surface area contributed by atoms with E-state index in [1.165, 1.54) is 4.88 Å². The van der Waals surface area contributed by atoms with Crippen LogP contribution in [0, 0.1) is 0 Å². The molecule has 1 aromatic heterocycles. The van der Waals surface area contributed by atoms with Crippen molar-refractivity contribution in [3.63, 3.8) is 0 Å². The van der Waals surface area contributed by atoms with Crippen LogP contribution in [-0.4, -0.2) is 66.4 Å². The van der Waals surface area contributed by atoms with Gasteiger partial charge in [0.2, 0.25) is 0 Å². The molecule has 0 bridgehead atoms. The lowest BCUT2D eigenvalue weighted by Gasteiger charge is -2.36. The van der Waals surface area contributed by atoms with Gasteiger partial charge in [0.05, 0.1) is 22.6 Å². The largest absolute Gasteiger partial charge is 0.390 e. The number of hydrogen-bond donors (Lipinski definition) is 1. The number of halogens is 1. The van der Waals surface area contributed by atoms with Crippen LogP contribution in [0.1, 0.15) is 18.7 Å². The van der Waals surface area contributed by atoms with E-state index in [4.69, 9.17) is 16.3 Å². The van der Waals surface area contributed by atoms with E-state index >= 15 is 0 Å². The molecule has 0 radical (unpaired) electrons. The molecule has 0 aliphatic carbocycles. The van der Waals surface area contributed by atoms with Gasteiger partial charge in [0.15, 0.2) is 0 Å². The molecule has 1 N–H and O–H groups in total. The van der Waals surface area contributed by atoms with Gasteiger partial charge in [-0.15, -0.1) is 11.3 Å². The Labute approximate surface area is 136 Å². The highest BCUT2D eigenvalue weighted by molar-refractivity contribution is 7.16. The Morgan fingerprint density at radius 2 is 2.10 bits per heavy atom. The topological polar surface area (TPSA) is 35.9 Å². The van der Waals surface area contributed by atoms with Gasteiger partial charge in [-0.1, -0.05) is 11.6 Å². The summed E-state index contributed by atoms with van der Waals surface area (Å²) in [5.41, 5.74) is 0. The Morgan fingerprint density at radius 1 is 1.43 bits per heavy atom. The number of likely N-dealkylation sites (N-methyl/N-ethyl adjacent to an activating group) is 1. The molecule has 1 aromatic rings. The predicted molar refractivity (Wildman–Crippen MR) is 88.1 cm³/mol. The third kappa shape index (κ3) is 5.85. The van der Waals surface area contributed by atoms with Crippen LogP contribution in [0.4, 0.5) is 0 Å². The van der Waals surface area contributed by atoms with Gasteiger partial charge in [-0.3, -0.25) is 9.80 Å². The van der Waals surface area contributed by atoms with E-state index in [0.717, 1.165) is 24.0 Å². The zero-order valence-corrected chi connectivity index (χ0v) is 14.5. The summed E-state index contributed by atoms with van der Waals surface area (Å²) in [5, 5.41) is 10.3. The van der Waals surface area contributed by atoms with Crippen LogP contribution in [0.25, 0.3) is 0 Å². The summed E-state index contributed by atoms with van der Waals surface area (Å²) in [6, 6.07) is 3.96. The van der Waals surface area contributed by atoms with E-state index < -0.39 is 0 Å². The highest BCUT2D eigenvalue weighted by Gasteiger charge is 2.24. The monoisotopic (exact) mass is 332 g/mol. The molecule has 0 spiro atoms. The second-order valence-corrected chi connectivity index (χ2v) is 7.83. The fraction of sp³-hybridized carbons (Fsp3) is 0.733. The van der Waals surface area contributed by atoms with E-state index in [2.05, 4.69) is 23.6 Å². The van der Waals surface area contributed by atoms with Crippen molar-refractivity contribution in [3.05, 3.63) is 21.3 Å². The van der Waals surface area contributed by atoms with Gasteiger partial charge in [-0.25, -0.2) is 0 Å². The van der Waals surface area contributed by atoms with Crippen LogP contribution in [-0.2, 0) is 11.3 Å². The fourth-order valence-corrected chi connectivity index (χ4v) is 4.08. The Bertz CT molecular complexity index is 433. The number of aliphatic hydroxyl groups excluding tert-OH is 1. The van der Waals surface area contributed by atoms with Crippen molar-refractivity contribution >= 4 is 22.9 Å². The van der Waals surface area contributed by atoms with Crippen molar-refractivity contribution in [3.8, 4) is 0 Å². The Hall–Kier alpha value is -0.170. The highest BCUT2D eigenvalue weighted by atomic mass is 35.5. The van der Waals surface area contributed by atoms with E-state index in [9.17, 15) is 5.11 Å². The maximum atomic E-state index is 10.3. The lowest BCUT2D eigenvalue weighted by atomic mass is 10.2. The molecule has 3 unspecified atom stereocenters. The molecule has 2 heterocycles. The molecule has 1 aliphatic heterocycles. The first kappa shape index (κ1) is 17.2. The van der Waals surface area contributed by atoms with E-state index in [-0.39, 0.29) is 18.3 Å². The molecule has 0 amide bonds. The standard InChI is InChI=1S/C15H25ClN2O2S/c1-11-6-18(7-12(2)20-11)9-13(19)8-17(3)10-14-4-5-15(16)21-14/h4-5,11-13,19H,6-10H2,1-3H3. The zero-order chi connectivity index (χ0) is 15.4. The van der Waals surface area contributed by atoms with Gasteiger partial charge >= 0.3 is 0 Å². The summed E-state index contributed by atoms with van der Waals surface area (Å²) in [6.07, 6.45) is 0.141. The maximum Gasteiger partial charge on any atom is 0.0931 e. The molecule has 4 nitrogen and oxygen atoms in total. The number of morpholine rings is 1. The second-order valence-electron chi connectivity index (χ2n) is 6.03. The first-order valence-corrected chi connectivity index (χ1v) is 8.60. The number of hydrogen-bond acceptors (Lipinski definition) is 5. The smallest absolute Gasteiger partial charge is 0.0931 e. The van der Waals surface area contributed by atoms with Crippen molar-refractivity contribution in [1.29, 1.82) is 0 Å². The van der Waals surface area contributed by atoms with Crippen LogP contribution < -0.4 is 0 Å². The van der Waals surface area contributed by atoms with E-state index in [0.29, 0.717) is 13.1 Å². The lowest BCUT2D eigenvalue weighted by Crippen LogP contribution is -2.49. The number of β-amino-alcohol motifs (C(OH)–C–C–N with tert-alkyl or cyclic N) is 1. The molecular weight excluding hydrogens is 308 g/mol. The van der Waals surface area contributed by atoms with Gasteiger partial charge in [-0.2, -0.15) is 0 Å². The average Bonchev–Trinajstić information content (AvgIpc) is 2.72. The van der Waals surface area contributed by atoms with Crippen molar-refractivity contribution in [2.24, 2.45) is 0 Å². The summed E-state index contributed by atoms with van der Waals surface area (Å²) in [5.74, 6) is 0. The lowest BCUT2D eigenvalue weighted by molar-refractivity contribution is -0.0777. The molecule has 1 saturated heterocycles. The third-order valence-corrected chi connectivity index (χ3v) is 4.76. The minimum atomic E-state index is -0.345. The van der Waals surface area contributed by atoms with Gasteiger partial charge in [0.25, 0.3) is 0 Å². The highest BCUT2D eigenvalue weighted by Crippen LogP contribution is 2.22. The molecule has 1 aliphatic rings. The molecule has 3 atom stereocenters. The Morgan fingerprint density at radius 3 is 2.67 bits per heavy atom. The van der Waals surface area contributed by atoms with Crippen LogP contribution in [0.15, 0.2) is 12.1 Å². The molecular formula is C15H25ClN2O2S. The molecule has 0 saturated carbocycles. The second kappa shape index (κ2) is 7.90. The van der Waals surface area contributed by atoms with E-state index in [1.807, 2.05) is 19.2 Å². The van der Waals surface area contributed by atoms with Crippen LogP contribution >= 0.6 is 22.9 Å². The first-order valence-electron chi connectivity index (χ1n) is 7.41. The Kier molecular flexibility index (Phi) is 6.47. The zero-order valence-electron chi connectivity index (χ0n) is 13.0. The summed E-state index contributed by atoms with van der Waals surface area (Å²) >= 11 is 7.53. The van der Waals surface area contributed by atoms with Crippen molar-refractivity contribution in [2.45, 2.75) is 38.7 Å². The van der Waals surface area contributed by atoms with Crippen molar-refractivity contribution in [2.75, 3.05) is 33.2 Å². The quantitative estimate of drug-likeness (QED) is 0.867. The molecule has 1 fully saturated rings. The summed E-state index contributed by atoms with van der Waals surface area (Å²) in [6.45, 7) is 8.15. The van der Waals surface area contributed by atoms with Crippen LogP contribution in [0.5, 0.6) is 0 Å². The average molecular weight is 333 g/mol. The summed E-state index contributed by atoms with van der Waals surface area (Å²) in [4.78, 5) is 5.66. The number of nitrogens with zero attached hydrogens (tertiary/aromatic N) is 2. The maximum absolute atomic E-state index is 10.3. The van der Waals surface area contributed by atoms with Crippen molar-refractivity contribution in [1.82, 2.24) is 9.80 Å². The molecule has 21 heavy (non-hydrogen) atoms. The molecule has 120 valence electrons. The minimum Gasteiger partial charge on any atom is -0.390 e. The summed E-state index contributed by atoms with van der Waals surface area (Å²) in [7, 11) is 2.03. The number of ether oxygens (including phenoxy) is 1. The van der Waals surface area contributed by atoms with Gasteiger partial charge in [-0.05, 0) is 33.0 Å². The van der Waals surface area contributed by atoms with Crippen LogP contribution in [0.2, 0.25) is 4.34 Å². The van der Waals surface area contributed by atoms with Gasteiger partial charge in [0.1, 0.15) is 0 Å². The van der Waals surface area contributed by atoms with Crippen LogP contribution in [0.3, 0.4) is 0 Å². The summed E-state index contributed by atoms with van der Waals surface area (Å²) < 4.78 is 6.53. The molecule has 0 aromatic carbocycles. The Balaban J connectivity index is 1.74. The normalized spacial score (nSPS) is 25.4. The third-order valence-electron chi connectivity index (χ3n) is 3.54. The fourth-order valence-electron chi connectivity index (χ4n) is 2.92. The molecule has 2 rings (SSSR count). The first-order chi connectivity index (χ1) is 9.92. The SMILES string of the molecule is CC1CN(CC(O)CN(C)Cc2ccc(Cl)s2)CC(C)O1. The number of rotatable bonds is 6. The molecule has 6 heteroatoms. The number of thiophene rings is 1.